The van der Waals surface area contributed by atoms with Gasteiger partial charge in [-0.3, -0.25) is 4.98 Å². The van der Waals surface area contributed by atoms with Crippen LogP contribution in [0.4, 0.5) is 13.2 Å². The number of nitrogens with two attached hydrogens (primary N) is 1. The van der Waals surface area contributed by atoms with Crippen LogP contribution in [0.2, 0.25) is 0 Å². The maximum Gasteiger partial charge on any atom is 0.416 e. The molecule has 96 valence electrons. The average Bonchev–Trinajstić information content (AvgIpc) is 2.73. The van der Waals surface area contributed by atoms with E-state index in [1.807, 2.05) is 12.3 Å². The molecule has 0 amide bonds. The highest BCUT2D eigenvalue weighted by Crippen LogP contribution is 2.36. The van der Waals surface area contributed by atoms with Crippen LogP contribution in [0.15, 0.2) is 29.2 Å². The maximum absolute atomic E-state index is 12.9. The van der Waals surface area contributed by atoms with E-state index in [2.05, 4.69) is 4.98 Å². The van der Waals surface area contributed by atoms with Gasteiger partial charge in [-0.15, -0.1) is 0 Å². The van der Waals surface area contributed by atoms with Gasteiger partial charge in [0.15, 0.2) is 0 Å². The molecule has 0 aliphatic rings. The lowest BCUT2D eigenvalue weighted by Gasteiger charge is -2.17. The van der Waals surface area contributed by atoms with Crippen molar-refractivity contribution in [3.63, 3.8) is 0 Å². The molecular weight excluding hydrogens is 261 g/mol. The van der Waals surface area contributed by atoms with Gasteiger partial charge in [0.2, 0.25) is 0 Å². The highest BCUT2D eigenvalue weighted by Gasteiger charge is 2.35. The lowest BCUT2D eigenvalue weighted by molar-refractivity contribution is -0.138. The van der Waals surface area contributed by atoms with Gasteiger partial charge >= 0.3 is 6.18 Å². The van der Waals surface area contributed by atoms with E-state index in [4.69, 9.17) is 5.73 Å². The monoisotopic (exact) mass is 272 g/mol. The fourth-order valence-electron chi connectivity index (χ4n) is 1.77. The van der Waals surface area contributed by atoms with Crippen molar-refractivity contribution in [2.24, 2.45) is 5.73 Å². The molecule has 0 aromatic carbocycles. The molecule has 2 aromatic heterocycles. The molecule has 6 heteroatoms. The van der Waals surface area contributed by atoms with E-state index < -0.39 is 17.8 Å². The van der Waals surface area contributed by atoms with Gasteiger partial charge in [-0.2, -0.15) is 24.5 Å². The molecule has 1 atom stereocenters. The minimum absolute atomic E-state index is 0.00602. The summed E-state index contributed by atoms with van der Waals surface area (Å²) in [5.41, 5.74) is 6.81. The van der Waals surface area contributed by atoms with Crippen molar-refractivity contribution in [3.8, 4) is 0 Å². The molecule has 0 aliphatic heterocycles. The number of hydrogen-bond acceptors (Lipinski definition) is 3. The van der Waals surface area contributed by atoms with Gasteiger partial charge in [-0.05, 0) is 34.9 Å². The predicted molar refractivity (Wildman–Crippen MR) is 64.3 cm³/mol. The van der Waals surface area contributed by atoms with E-state index in [1.165, 1.54) is 17.5 Å². The van der Waals surface area contributed by atoms with Crippen LogP contribution >= 0.6 is 11.3 Å². The fraction of sp³-hybridized carbons (Fsp3) is 0.250. The van der Waals surface area contributed by atoms with Crippen molar-refractivity contribution in [1.29, 1.82) is 0 Å². The Balaban J connectivity index is 2.49. The molecule has 2 heterocycles. The van der Waals surface area contributed by atoms with Crippen LogP contribution in [0.25, 0.3) is 0 Å². The number of rotatable bonds is 2. The molecule has 1 unspecified atom stereocenters. The number of aromatic nitrogens is 1. The Kier molecular flexibility index (Phi) is 3.41. The molecule has 2 aromatic rings. The standard InChI is InChI=1S/C12H11F3N2S/c1-7-5-18-6-9(7)11(16)8-4-17-3-2-10(8)12(13,14)15/h2-6,11H,16H2,1H3. The van der Waals surface area contributed by atoms with E-state index in [0.29, 0.717) is 5.56 Å². The number of nitrogens with zero attached hydrogens (tertiary/aromatic N) is 1. The number of pyridine rings is 1. The number of halogens is 3. The molecule has 0 fully saturated rings. The van der Waals surface area contributed by atoms with Crippen LogP contribution in [0.5, 0.6) is 0 Å². The average molecular weight is 272 g/mol. The summed E-state index contributed by atoms with van der Waals surface area (Å²) in [4.78, 5) is 3.74. The Hall–Kier alpha value is -1.40. The van der Waals surface area contributed by atoms with Crippen molar-refractivity contribution in [3.05, 3.63) is 51.5 Å². The van der Waals surface area contributed by atoms with Gasteiger partial charge < -0.3 is 5.73 Å². The minimum Gasteiger partial charge on any atom is -0.320 e. The first-order valence-electron chi connectivity index (χ1n) is 5.20. The molecular formula is C12H11F3N2S. The van der Waals surface area contributed by atoms with Crippen molar-refractivity contribution in [2.75, 3.05) is 0 Å². The molecule has 2 nitrogen and oxygen atoms in total. The fourth-order valence-corrected chi connectivity index (χ4v) is 2.66. The van der Waals surface area contributed by atoms with Gasteiger partial charge in [0.1, 0.15) is 0 Å². The Bertz CT molecular complexity index is 548. The zero-order chi connectivity index (χ0) is 13.3. The third-order valence-corrected chi connectivity index (χ3v) is 3.60. The maximum atomic E-state index is 12.9. The van der Waals surface area contributed by atoms with Gasteiger partial charge in [0, 0.05) is 18.0 Å². The van der Waals surface area contributed by atoms with Gasteiger partial charge in [-0.1, -0.05) is 0 Å². The van der Waals surface area contributed by atoms with Crippen molar-refractivity contribution < 1.29 is 13.2 Å². The summed E-state index contributed by atoms with van der Waals surface area (Å²) in [7, 11) is 0. The normalized spacial score (nSPS) is 13.6. The summed E-state index contributed by atoms with van der Waals surface area (Å²) in [5.74, 6) is 0. The van der Waals surface area contributed by atoms with Crippen LogP contribution in [-0.2, 0) is 6.18 Å². The van der Waals surface area contributed by atoms with Crippen LogP contribution < -0.4 is 5.73 Å². The van der Waals surface area contributed by atoms with E-state index in [0.717, 1.165) is 17.8 Å². The summed E-state index contributed by atoms with van der Waals surface area (Å²) < 4.78 is 38.6. The summed E-state index contributed by atoms with van der Waals surface area (Å²) in [5, 5.41) is 3.63. The van der Waals surface area contributed by atoms with Crippen LogP contribution in [-0.4, -0.2) is 4.98 Å². The zero-order valence-electron chi connectivity index (χ0n) is 9.53. The molecule has 18 heavy (non-hydrogen) atoms. The van der Waals surface area contributed by atoms with Gasteiger partial charge in [0.05, 0.1) is 11.6 Å². The van der Waals surface area contributed by atoms with E-state index in [9.17, 15) is 13.2 Å². The molecule has 0 bridgehead atoms. The van der Waals surface area contributed by atoms with Crippen LogP contribution in [0, 0.1) is 6.92 Å². The topological polar surface area (TPSA) is 38.9 Å². The number of thiophene rings is 1. The second-order valence-electron chi connectivity index (χ2n) is 3.95. The summed E-state index contributed by atoms with van der Waals surface area (Å²) in [6, 6.07) is 0.151. The Morgan fingerprint density at radius 2 is 2.00 bits per heavy atom. The number of aryl methyl sites for hydroxylation is 1. The van der Waals surface area contributed by atoms with Crippen molar-refractivity contribution in [2.45, 2.75) is 19.1 Å². The third kappa shape index (κ3) is 2.39. The zero-order valence-corrected chi connectivity index (χ0v) is 10.3. The van der Waals surface area contributed by atoms with Gasteiger partial charge in [-0.25, -0.2) is 0 Å². The molecule has 0 radical (unpaired) electrons. The molecule has 2 N–H and O–H groups in total. The minimum atomic E-state index is -4.42. The van der Waals surface area contributed by atoms with Crippen molar-refractivity contribution in [1.82, 2.24) is 4.98 Å². The predicted octanol–water partition coefficient (Wildman–Crippen LogP) is 3.52. The summed E-state index contributed by atoms with van der Waals surface area (Å²) in [6.07, 6.45) is -2.11. The largest absolute Gasteiger partial charge is 0.416 e. The lowest BCUT2D eigenvalue weighted by atomic mass is 9.96. The first-order valence-corrected chi connectivity index (χ1v) is 6.15. The van der Waals surface area contributed by atoms with Gasteiger partial charge in [0.25, 0.3) is 0 Å². The second kappa shape index (κ2) is 4.70. The van der Waals surface area contributed by atoms with Crippen LogP contribution in [0.1, 0.15) is 28.3 Å². The Morgan fingerprint density at radius 1 is 1.28 bits per heavy atom. The number of alkyl halides is 3. The Labute approximate surface area is 106 Å². The first-order chi connectivity index (χ1) is 8.41. The smallest absolute Gasteiger partial charge is 0.320 e. The van der Waals surface area contributed by atoms with E-state index >= 15 is 0 Å². The Morgan fingerprint density at radius 3 is 2.56 bits per heavy atom. The molecule has 0 saturated carbocycles. The highest BCUT2D eigenvalue weighted by atomic mass is 32.1. The SMILES string of the molecule is Cc1cscc1C(N)c1cnccc1C(F)(F)F. The molecule has 2 rings (SSSR count). The molecule has 0 spiro atoms. The summed E-state index contributed by atoms with van der Waals surface area (Å²) >= 11 is 1.42. The second-order valence-corrected chi connectivity index (χ2v) is 4.69. The molecule has 0 aliphatic carbocycles. The third-order valence-electron chi connectivity index (χ3n) is 2.72. The highest BCUT2D eigenvalue weighted by molar-refractivity contribution is 7.08. The lowest BCUT2D eigenvalue weighted by Crippen LogP contribution is -2.19. The van der Waals surface area contributed by atoms with E-state index in [-0.39, 0.29) is 5.56 Å². The van der Waals surface area contributed by atoms with Crippen LogP contribution in [0.3, 0.4) is 0 Å². The van der Waals surface area contributed by atoms with Crippen molar-refractivity contribution >= 4 is 11.3 Å². The van der Waals surface area contributed by atoms with E-state index in [1.54, 1.807) is 5.38 Å². The molecule has 0 saturated heterocycles. The first kappa shape index (κ1) is 13.0. The number of hydrogen-bond donors (Lipinski definition) is 1. The summed E-state index contributed by atoms with van der Waals surface area (Å²) in [6.45, 7) is 1.83. The quantitative estimate of drug-likeness (QED) is 0.908.